The SMILES string of the molecule is C=CCC1C[C@H]2[C@H]3Cc4ccccc4[C@@]2(CCN3)CC1=O.Cl. The summed E-state index contributed by atoms with van der Waals surface area (Å²) in [7, 11) is 0. The number of rotatable bonds is 2. The van der Waals surface area contributed by atoms with Gasteiger partial charge in [-0.05, 0) is 49.3 Å². The zero-order valence-electron chi connectivity index (χ0n) is 12.9. The molecule has 2 aliphatic carbocycles. The fraction of sp³-hybridized carbons (Fsp3) is 0.526. The molecule has 0 spiro atoms. The van der Waals surface area contributed by atoms with Gasteiger partial charge in [0, 0.05) is 23.8 Å². The number of Topliss-reactive ketones (excluding diaryl/α,β-unsaturated/α-hetero) is 1. The Morgan fingerprint density at radius 3 is 3.00 bits per heavy atom. The van der Waals surface area contributed by atoms with E-state index < -0.39 is 0 Å². The Balaban J connectivity index is 0.00000144. The summed E-state index contributed by atoms with van der Waals surface area (Å²) in [6, 6.07) is 9.37. The van der Waals surface area contributed by atoms with Gasteiger partial charge >= 0.3 is 0 Å². The molecule has 1 saturated carbocycles. The fourth-order valence-corrected chi connectivity index (χ4v) is 5.19. The lowest BCUT2D eigenvalue weighted by Crippen LogP contribution is -2.61. The summed E-state index contributed by atoms with van der Waals surface area (Å²) >= 11 is 0. The molecule has 0 amide bonds. The number of ketones is 1. The van der Waals surface area contributed by atoms with E-state index in [2.05, 4.69) is 36.2 Å². The van der Waals surface area contributed by atoms with Crippen LogP contribution in [0.2, 0.25) is 0 Å². The van der Waals surface area contributed by atoms with Crippen LogP contribution in [0.3, 0.4) is 0 Å². The molecule has 2 fully saturated rings. The largest absolute Gasteiger partial charge is 0.313 e. The first-order valence-electron chi connectivity index (χ1n) is 8.20. The van der Waals surface area contributed by atoms with Gasteiger partial charge in [-0.15, -0.1) is 19.0 Å². The second-order valence-corrected chi connectivity index (χ2v) is 7.03. The minimum absolute atomic E-state index is 0. The predicted molar refractivity (Wildman–Crippen MR) is 91.5 cm³/mol. The number of benzene rings is 1. The summed E-state index contributed by atoms with van der Waals surface area (Å²) in [5.74, 6) is 1.28. The van der Waals surface area contributed by atoms with Crippen molar-refractivity contribution in [2.45, 2.75) is 43.6 Å². The zero-order chi connectivity index (χ0) is 14.4. The van der Waals surface area contributed by atoms with Crippen molar-refractivity contribution < 1.29 is 4.79 Å². The van der Waals surface area contributed by atoms with Crippen molar-refractivity contribution in [2.24, 2.45) is 11.8 Å². The van der Waals surface area contributed by atoms with Crippen LogP contribution in [0.4, 0.5) is 0 Å². The van der Waals surface area contributed by atoms with Crippen LogP contribution in [0.15, 0.2) is 36.9 Å². The molecule has 1 aliphatic heterocycles. The van der Waals surface area contributed by atoms with E-state index in [9.17, 15) is 4.79 Å². The Morgan fingerprint density at radius 1 is 1.36 bits per heavy atom. The van der Waals surface area contributed by atoms with Crippen LogP contribution >= 0.6 is 12.4 Å². The second-order valence-electron chi connectivity index (χ2n) is 7.03. The molecule has 2 nitrogen and oxygen atoms in total. The van der Waals surface area contributed by atoms with Crippen molar-refractivity contribution in [1.82, 2.24) is 5.32 Å². The average Bonchev–Trinajstić information content (AvgIpc) is 2.48. The zero-order valence-corrected chi connectivity index (χ0v) is 13.7. The van der Waals surface area contributed by atoms with Crippen LogP contribution < -0.4 is 5.32 Å². The van der Waals surface area contributed by atoms with Crippen molar-refractivity contribution in [3.8, 4) is 0 Å². The highest BCUT2D eigenvalue weighted by Gasteiger charge is 2.55. The molecule has 1 aromatic carbocycles. The maximum absolute atomic E-state index is 12.7. The summed E-state index contributed by atoms with van der Waals surface area (Å²) in [4.78, 5) is 12.7. The van der Waals surface area contributed by atoms with Crippen molar-refractivity contribution in [3.63, 3.8) is 0 Å². The lowest BCUT2D eigenvalue weighted by Gasteiger charge is -2.56. The number of carbonyl (C=O) groups is 1. The average molecular weight is 318 g/mol. The molecule has 1 aromatic rings. The van der Waals surface area contributed by atoms with E-state index in [1.807, 2.05) is 6.08 Å². The summed E-state index contributed by atoms with van der Waals surface area (Å²) in [6.45, 7) is 4.88. The highest BCUT2D eigenvalue weighted by atomic mass is 35.5. The number of piperidine rings is 1. The van der Waals surface area contributed by atoms with Crippen molar-refractivity contribution >= 4 is 18.2 Å². The van der Waals surface area contributed by atoms with E-state index in [-0.39, 0.29) is 23.7 Å². The Labute approximate surface area is 138 Å². The van der Waals surface area contributed by atoms with Gasteiger partial charge in [0.15, 0.2) is 0 Å². The van der Waals surface area contributed by atoms with E-state index in [1.165, 1.54) is 11.1 Å². The summed E-state index contributed by atoms with van der Waals surface area (Å²) in [5, 5.41) is 3.73. The number of nitrogens with one attached hydrogen (secondary N) is 1. The van der Waals surface area contributed by atoms with Crippen LogP contribution in [-0.4, -0.2) is 18.4 Å². The number of allylic oxidation sites excluding steroid dienone is 1. The third kappa shape index (κ3) is 2.16. The van der Waals surface area contributed by atoms with Gasteiger partial charge in [-0.3, -0.25) is 4.79 Å². The van der Waals surface area contributed by atoms with E-state index in [4.69, 9.17) is 0 Å². The number of fused-ring (bicyclic) bond motifs is 1. The smallest absolute Gasteiger partial charge is 0.137 e. The molecule has 4 atom stereocenters. The van der Waals surface area contributed by atoms with Gasteiger partial charge in [0.25, 0.3) is 0 Å². The molecular formula is C19H24ClNO. The van der Waals surface area contributed by atoms with Gasteiger partial charge in [0.1, 0.15) is 5.78 Å². The molecule has 1 heterocycles. The van der Waals surface area contributed by atoms with Crippen LogP contribution in [0.25, 0.3) is 0 Å². The Kier molecular flexibility index (Phi) is 4.17. The third-order valence-corrected chi connectivity index (χ3v) is 6.10. The molecule has 118 valence electrons. The van der Waals surface area contributed by atoms with Crippen molar-refractivity contribution in [1.29, 1.82) is 0 Å². The third-order valence-electron chi connectivity index (χ3n) is 6.10. The minimum atomic E-state index is 0. The topological polar surface area (TPSA) is 29.1 Å². The minimum Gasteiger partial charge on any atom is -0.313 e. The lowest BCUT2D eigenvalue weighted by atomic mass is 9.51. The first-order chi connectivity index (χ1) is 10.2. The highest BCUT2D eigenvalue weighted by molar-refractivity contribution is 5.85. The van der Waals surface area contributed by atoms with Gasteiger partial charge in [0.05, 0.1) is 0 Å². The standard InChI is InChI=1S/C19H23NO.ClH/c1-2-5-14-10-16-17-11-13-6-3-4-7-15(13)19(16,8-9-20-17)12-18(14)21;/h2-4,6-7,14,16-17,20H,1,5,8-12H2;1H/t14?,16-,17+,19+;/m0./s1. The molecule has 22 heavy (non-hydrogen) atoms. The fourth-order valence-electron chi connectivity index (χ4n) is 5.19. The first kappa shape index (κ1) is 15.8. The molecular weight excluding hydrogens is 294 g/mol. The summed E-state index contributed by atoms with van der Waals surface area (Å²) in [5.41, 5.74) is 3.04. The molecule has 1 N–H and O–H groups in total. The Morgan fingerprint density at radius 2 is 2.18 bits per heavy atom. The summed E-state index contributed by atoms with van der Waals surface area (Å²) in [6.07, 6.45) is 6.78. The van der Waals surface area contributed by atoms with E-state index in [1.54, 1.807) is 0 Å². The predicted octanol–water partition coefficient (Wildman–Crippen LogP) is 3.44. The Hall–Kier alpha value is -1.12. The maximum atomic E-state index is 12.7. The highest BCUT2D eigenvalue weighted by Crippen LogP contribution is 2.54. The molecule has 3 heteroatoms. The first-order valence-corrected chi connectivity index (χ1v) is 8.20. The van der Waals surface area contributed by atoms with E-state index >= 15 is 0 Å². The summed E-state index contributed by atoms with van der Waals surface area (Å²) < 4.78 is 0. The second kappa shape index (κ2) is 5.82. The molecule has 4 rings (SSSR count). The molecule has 3 aliphatic rings. The van der Waals surface area contributed by atoms with E-state index in [0.717, 1.165) is 38.6 Å². The number of halogens is 1. The Bertz CT molecular complexity index is 599. The number of hydrogen-bond acceptors (Lipinski definition) is 2. The van der Waals surface area contributed by atoms with Crippen molar-refractivity contribution in [3.05, 3.63) is 48.0 Å². The molecule has 0 aromatic heterocycles. The molecule has 2 bridgehead atoms. The van der Waals surface area contributed by atoms with Gasteiger partial charge in [0.2, 0.25) is 0 Å². The van der Waals surface area contributed by atoms with Crippen LogP contribution in [0.1, 0.15) is 36.8 Å². The van der Waals surface area contributed by atoms with E-state index in [0.29, 0.717) is 17.7 Å². The normalized spacial score (nSPS) is 35.8. The molecule has 1 saturated heterocycles. The van der Waals surface area contributed by atoms with Crippen LogP contribution in [0, 0.1) is 11.8 Å². The lowest BCUT2D eigenvalue weighted by molar-refractivity contribution is -0.130. The monoisotopic (exact) mass is 317 g/mol. The van der Waals surface area contributed by atoms with Gasteiger partial charge < -0.3 is 5.32 Å². The van der Waals surface area contributed by atoms with Crippen LogP contribution in [0.5, 0.6) is 0 Å². The van der Waals surface area contributed by atoms with Gasteiger partial charge in [-0.1, -0.05) is 30.3 Å². The maximum Gasteiger partial charge on any atom is 0.137 e. The van der Waals surface area contributed by atoms with Crippen molar-refractivity contribution in [2.75, 3.05) is 6.54 Å². The number of carbonyl (C=O) groups excluding carboxylic acids is 1. The number of hydrogen-bond donors (Lipinski definition) is 1. The molecule has 1 unspecified atom stereocenters. The van der Waals surface area contributed by atoms with Crippen LogP contribution in [-0.2, 0) is 16.6 Å². The molecule has 0 radical (unpaired) electrons. The van der Waals surface area contributed by atoms with Gasteiger partial charge in [-0.25, -0.2) is 0 Å². The quantitative estimate of drug-likeness (QED) is 0.847. The van der Waals surface area contributed by atoms with Gasteiger partial charge in [-0.2, -0.15) is 0 Å².